The second kappa shape index (κ2) is 5.52. The highest BCUT2D eigenvalue weighted by Crippen LogP contribution is 2.26. The second-order valence-corrected chi connectivity index (χ2v) is 4.98. The van der Waals surface area contributed by atoms with Crippen LogP contribution in [0.2, 0.25) is 0 Å². The van der Waals surface area contributed by atoms with Crippen LogP contribution in [0, 0.1) is 6.92 Å². The van der Waals surface area contributed by atoms with Crippen LogP contribution in [0.25, 0.3) is 11.3 Å². The molecule has 90 valence electrons. The fourth-order valence-electron chi connectivity index (χ4n) is 1.75. The molecule has 1 N–H and O–H groups in total. The van der Waals surface area contributed by atoms with E-state index in [-0.39, 0.29) is 0 Å². The molecular weight excluding hydrogens is 278 g/mol. The maximum Gasteiger partial charge on any atom is 0.134 e. The summed E-state index contributed by atoms with van der Waals surface area (Å²) in [5.41, 5.74) is 2.33. The Kier molecular flexibility index (Phi) is 4.02. The van der Waals surface area contributed by atoms with E-state index in [0.717, 1.165) is 34.6 Å². The van der Waals surface area contributed by atoms with Gasteiger partial charge >= 0.3 is 0 Å². The molecule has 0 saturated heterocycles. The van der Waals surface area contributed by atoms with E-state index in [2.05, 4.69) is 53.3 Å². The fourth-order valence-corrected chi connectivity index (χ4v) is 2.36. The smallest absolute Gasteiger partial charge is 0.134 e. The lowest BCUT2D eigenvalue weighted by Crippen LogP contribution is -2.10. The number of benzene rings is 1. The minimum absolute atomic E-state index is 0.781. The number of nitrogens with one attached hydrogen (secondary N) is 1. The second-order valence-electron chi connectivity index (χ2n) is 4.06. The highest BCUT2D eigenvalue weighted by molar-refractivity contribution is 9.10. The SMILES string of the molecule is CCNCc1ccc(-c2cc(C)cc(Br)c2)o1. The zero-order chi connectivity index (χ0) is 12.3. The molecule has 0 spiro atoms. The average Bonchev–Trinajstić information content (AvgIpc) is 2.73. The van der Waals surface area contributed by atoms with Gasteiger partial charge in [0.15, 0.2) is 0 Å². The van der Waals surface area contributed by atoms with Crippen molar-refractivity contribution < 1.29 is 4.42 Å². The van der Waals surface area contributed by atoms with Crippen molar-refractivity contribution in [3.05, 3.63) is 46.1 Å². The van der Waals surface area contributed by atoms with Gasteiger partial charge in [-0.15, -0.1) is 0 Å². The van der Waals surface area contributed by atoms with Gasteiger partial charge in [0.1, 0.15) is 11.5 Å². The van der Waals surface area contributed by atoms with E-state index < -0.39 is 0 Å². The van der Waals surface area contributed by atoms with Gasteiger partial charge in [0, 0.05) is 10.0 Å². The first-order valence-corrected chi connectivity index (χ1v) is 6.55. The summed E-state index contributed by atoms with van der Waals surface area (Å²) < 4.78 is 6.88. The van der Waals surface area contributed by atoms with E-state index in [1.807, 2.05) is 12.1 Å². The van der Waals surface area contributed by atoms with Gasteiger partial charge in [-0.1, -0.05) is 22.9 Å². The lowest BCUT2D eigenvalue weighted by atomic mass is 10.1. The van der Waals surface area contributed by atoms with E-state index >= 15 is 0 Å². The molecule has 0 aliphatic rings. The molecule has 3 heteroatoms. The van der Waals surface area contributed by atoms with Crippen LogP contribution in [-0.2, 0) is 6.54 Å². The third-order valence-electron chi connectivity index (χ3n) is 2.54. The molecule has 0 amide bonds. The molecule has 2 aromatic rings. The van der Waals surface area contributed by atoms with Crippen molar-refractivity contribution in [3.63, 3.8) is 0 Å². The van der Waals surface area contributed by atoms with E-state index in [1.165, 1.54) is 5.56 Å². The van der Waals surface area contributed by atoms with Crippen molar-refractivity contribution in [1.82, 2.24) is 5.32 Å². The van der Waals surface area contributed by atoms with Crippen molar-refractivity contribution in [2.45, 2.75) is 20.4 Å². The van der Waals surface area contributed by atoms with Gasteiger partial charge in [0.25, 0.3) is 0 Å². The van der Waals surface area contributed by atoms with Gasteiger partial charge < -0.3 is 9.73 Å². The third-order valence-corrected chi connectivity index (χ3v) is 3.00. The fraction of sp³-hybridized carbons (Fsp3) is 0.286. The Morgan fingerprint density at radius 3 is 2.76 bits per heavy atom. The standard InChI is InChI=1S/C14H16BrNO/c1-3-16-9-13-4-5-14(17-13)11-6-10(2)7-12(15)8-11/h4-8,16H,3,9H2,1-2H3. The van der Waals surface area contributed by atoms with Crippen LogP contribution < -0.4 is 5.32 Å². The van der Waals surface area contributed by atoms with E-state index in [9.17, 15) is 0 Å². The maximum absolute atomic E-state index is 5.80. The molecule has 0 aliphatic heterocycles. The minimum Gasteiger partial charge on any atom is -0.460 e. The summed E-state index contributed by atoms with van der Waals surface area (Å²) in [7, 11) is 0. The van der Waals surface area contributed by atoms with Crippen LogP contribution in [-0.4, -0.2) is 6.54 Å². The summed E-state index contributed by atoms with van der Waals surface area (Å²) >= 11 is 3.50. The van der Waals surface area contributed by atoms with Crippen molar-refractivity contribution in [2.75, 3.05) is 6.54 Å². The lowest BCUT2D eigenvalue weighted by molar-refractivity contribution is 0.498. The van der Waals surface area contributed by atoms with Crippen LogP contribution in [0.5, 0.6) is 0 Å². The first-order valence-electron chi connectivity index (χ1n) is 5.76. The van der Waals surface area contributed by atoms with E-state index in [1.54, 1.807) is 0 Å². The molecule has 1 aromatic carbocycles. The summed E-state index contributed by atoms with van der Waals surface area (Å²) in [4.78, 5) is 0. The number of hydrogen-bond donors (Lipinski definition) is 1. The molecule has 0 atom stereocenters. The highest BCUT2D eigenvalue weighted by atomic mass is 79.9. The summed E-state index contributed by atoms with van der Waals surface area (Å²) in [6.07, 6.45) is 0. The zero-order valence-electron chi connectivity index (χ0n) is 10.1. The van der Waals surface area contributed by atoms with Gasteiger partial charge in [-0.05, 0) is 49.4 Å². The first kappa shape index (κ1) is 12.4. The number of aryl methyl sites for hydroxylation is 1. The molecule has 0 unspecified atom stereocenters. The number of hydrogen-bond acceptors (Lipinski definition) is 2. The van der Waals surface area contributed by atoms with Crippen LogP contribution >= 0.6 is 15.9 Å². The Hall–Kier alpha value is -1.06. The van der Waals surface area contributed by atoms with Crippen molar-refractivity contribution >= 4 is 15.9 Å². The predicted molar refractivity (Wildman–Crippen MR) is 74.0 cm³/mol. The summed E-state index contributed by atoms with van der Waals surface area (Å²) in [5.74, 6) is 1.89. The average molecular weight is 294 g/mol. The Bertz CT molecular complexity index is 484. The summed E-state index contributed by atoms with van der Waals surface area (Å²) in [6, 6.07) is 10.3. The van der Waals surface area contributed by atoms with Gasteiger partial charge in [-0.25, -0.2) is 0 Å². The van der Waals surface area contributed by atoms with Gasteiger partial charge in [-0.3, -0.25) is 0 Å². The minimum atomic E-state index is 0.781. The predicted octanol–water partition coefficient (Wildman–Crippen LogP) is 4.13. The van der Waals surface area contributed by atoms with Crippen LogP contribution in [0.15, 0.2) is 39.2 Å². The number of furan rings is 1. The Labute approximate surface area is 110 Å². The number of rotatable bonds is 4. The van der Waals surface area contributed by atoms with Crippen LogP contribution in [0.1, 0.15) is 18.2 Å². The molecular formula is C14H16BrNO. The van der Waals surface area contributed by atoms with Crippen LogP contribution in [0.3, 0.4) is 0 Å². The monoisotopic (exact) mass is 293 g/mol. The van der Waals surface area contributed by atoms with Crippen LogP contribution in [0.4, 0.5) is 0 Å². The lowest BCUT2D eigenvalue weighted by Gasteiger charge is -2.01. The van der Waals surface area contributed by atoms with Gasteiger partial charge in [-0.2, -0.15) is 0 Å². The molecule has 1 aromatic heterocycles. The topological polar surface area (TPSA) is 25.2 Å². The molecule has 0 saturated carbocycles. The first-order chi connectivity index (χ1) is 8.19. The molecule has 2 nitrogen and oxygen atoms in total. The molecule has 0 radical (unpaired) electrons. The van der Waals surface area contributed by atoms with Crippen molar-refractivity contribution in [2.24, 2.45) is 0 Å². The largest absolute Gasteiger partial charge is 0.460 e. The quantitative estimate of drug-likeness (QED) is 0.917. The molecule has 1 heterocycles. The zero-order valence-corrected chi connectivity index (χ0v) is 11.7. The van der Waals surface area contributed by atoms with E-state index in [0.29, 0.717) is 0 Å². The Morgan fingerprint density at radius 1 is 1.24 bits per heavy atom. The molecule has 0 aliphatic carbocycles. The van der Waals surface area contributed by atoms with Crippen molar-refractivity contribution in [3.8, 4) is 11.3 Å². The highest BCUT2D eigenvalue weighted by Gasteiger charge is 2.05. The molecule has 0 bridgehead atoms. The van der Waals surface area contributed by atoms with Gasteiger partial charge in [0.05, 0.1) is 6.54 Å². The molecule has 0 fully saturated rings. The summed E-state index contributed by atoms with van der Waals surface area (Å²) in [5, 5.41) is 3.25. The Morgan fingerprint density at radius 2 is 2.06 bits per heavy atom. The molecule has 17 heavy (non-hydrogen) atoms. The maximum atomic E-state index is 5.80. The van der Waals surface area contributed by atoms with Gasteiger partial charge in [0.2, 0.25) is 0 Å². The molecule has 2 rings (SSSR count). The normalized spacial score (nSPS) is 10.8. The Balaban J connectivity index is 2.24. The van der Waals surface area contributed by atoms with E-state index in [4.69, 9.17) is 4.42 Å². The third kappa shape index (κ3) is 3.20. The number of halogens is 1. The summed E-state index contributed by atoms with van der Waals surface area (Å²) in [6.45, 7) is 5.90. The van der Waals surface area contributed by atoms with Crippen molar-refractivity contribution in [1.29, 1.82) is 0 Å².